The fourth-order valence-corrected chi connectivity index (χ4v) is 3.20. The van der Waals surface area contributed by atoms with Gasteiger partial charge in [-0.25, -0.2) is 0 Å². The zero-order chi connectivity index (χ0) is 16.7. The van der Waals surface area contributed by atoms with Crippen molar-refractivity contribution in [2.75, 3.05) is 32.8 Å². The van der Waals surface area contributed by atoms with Crippen molar-refractivity contribution in [1.82, 2.24) is 4.90 Å². The molecule has 1 unspecified atom stereocenters. The van der Waals surface area contributed by atoms with E-state index in [0.29, 0.717) is 13.2 Å². The lowest BCUT2D eigenvalue weighted by molar-refractivity contribution is 0.0121. The Labute approximate surface area is 140 Å². The van der Waals surface area contributed by atoms with E-state index in [1.54, 1.807) is 0 Å². The van der Waals surface area contributed by atoms with Gasteiger partial charge in [-0.1, -0.05) is 26.0 Å². The fraction of sp³-hybridized carbons (Fsp3) is 0.684. The van der Waals surface area contributed by atoms with Crippen molar-refractivity contribution in [1.29, 1.82) is 0 Å². The Bertz CT molecular complexity index is 446. The van der Waals surface area contributed by atoms with Gasteiger partial charge in [-0.15, -0.1) is 0 Å². The van der Waals surface area contributed by atoms with Gasteiger partial charge in [0.25, 0.3) is 0 Å². The summed E-state index contributed by atoms with van der Waals surface area (Å²) in [5.74, 6) is 0.810. The Morgan fingerprint density at radius 3 is 2.35 bits per heavy atom. The molecule has 0 bridgehead atoms. The number of ether oxygens (including phenoxy) is 1. The molecule has 0 saturated carbocycles. The van der Waals surface area contributed by atoms with Crippen LogP contribution >= 0.6 is 0 Å². The number of hydrogen-bond acceptors (Lipinski definition) is 4. The zero-order valence-corrected chi connectivity index (χ0v) is 14.5. The van der Waals surface area contributed by atoms with Crippen LogP contribution in [-0.2, 0) is 6.42 Å². The van der Waals surface area contributed by atoms with Crippen molar-refractivity contribution >= 4 is 0 Å². The minimum Gasteiger partial charge on any atom is -0.491 e. The summed E-state index contributed by atoms with van der Waals surface area (Å²) in [5.41, 5.74) is 1.38. The molecule has 4 heteroatoms. The summed E-state index contributed by atoms with van der Waals surface area (Å²) >= 11 is 0. The number of aliphatic hydroxyl groups excluding tert-OH is 2. The highest BCUT2D eigenvalue weighted by atomic mass is 16.5. The molecule has 1 aliphatic rings. The maximum Gasteiger partial charge on any atom is 0.119 e. The second-order valence-electron chi connectivity index (χ2n) is 6.77. The standard InChI is InChI=1S/C19H31NO3/c1-3-16-5-7-18(8-6-16)23-14-17(22)13-20-11-9-19(4-2,15-21)10-12-20/h5-8,17,21-22H,3-4,9-15H2,1-2H3. The lowest BCUT2D eigenvalue weighted by Crippen LogP contribution is -2.45. The molecule has 1 aromatic rings. The van der Waals surface area contributed by atoms with Crippen LogP contribution in [0.4, 0.5) is 0 Å². The molecule has 1 fully saturated rings. The summed E-state index contributed by atoms with van der Waals surface area (Å²) < 4.78 is 5.68. The Hall–Kier alpha value is -1.10. The molecule has 130 valence electrons. The number of likely N-dealkylation sites (tertiary alicyclic amines) is 1. The average Bonchev–Trinajstić information content (AvgIpc) is 2.61. The Kier molecular flexibility index (Phi) is 6.88. The number of nitrogens with zero attached hydrogens (tertiary/aromatic N) is 1. The molecule has 2 N–H and O–H groups in total. The molecule has 1 heterocycles. The van der Waals surface area contributed by atoms with Crippen LogP contribution in [0.3, 0.4) is 0 Å². The van der Waals surface area contributed by atoms with E-state index in [1.807, 2.05) is 12.1 Å². The van der Waals surface area contributed by atoms with Crippen LogP contribution < -0.4 is 4.74 Å². The van der Waals surface area contributed by atoms with Crippen LogP contribution in [0.2, 0.25) is 0 Å². The second-order valence-corrected chi connectivity index (χ2v) is 6.77. The molecule has 0 aliphatic carbocycles. The monoisotopic (exact) mass is 321 g/mol. The van der Waals surface area contributed by atoms with E-state index in [2.05, 4.69) is 30.9 Å². The molecule has 0 radical (unpaired) electrons. The third-order valence-electron chi connectivity index (χ3n) is 5.25. The van der Waals surface area contributed by atoms with Gasteiger partial charge >= 0.3 is 0 Å². The summed E-state index contributed by atoms with van der Waals surface area (Å²) in [6.45, 7) is 7.39. The van der Waals surface area contributed by atoms with Gasteiger partial charge in [0.05, 0.1) is 0 Å². The van der Waals surface area contributed by atoms with E-state index in [0.717, 1.165) is 44.5 Å². The summed E-state index contributed by atoms with van der Waals surface area (Å²) in [7, 11) is 0. The van der Waals surface area contributed by atoms with Crippen molar-refractivity contribution in [3.63, 3.8) is 0 Å². The average molecular weight is 321 g/mol. The summed E-state index contributed by atoms with van der Waals surface area (Å²) in [4.78, 5) is 2.28. The lowest BCUT2D eigenvalue weighted by Gasteiger charge is -2.40. The van der Waals surface area contributed by atoms with Crippen molar-refractivity contribution in [3.05, 3.63) is 29.8 Å². The van der Waals surface area contributed by atoms with Crippen molar-refractivity contribution in [3.8, 4) is 5.75 Å². The van der Waals surface area contributed by atoms with Crippen molar-refractivity contribution < 1.29 is 14.9 Å². The van der Waals surface area contributed by atoms with Gasteiger partial charge in [0, 0.05) is 13.2 Å². The Balaban J connectivity index is 1.71. The van der Waals surface area contributed by atoms with E-state index in [4.69, 9.17) is 4.74 Å². The van der Waals surface area contributed by atoms with Crippen LogP contribution in [0.15, 0.2) is 24.3 Å². The molecule has 1 aromatic carbocycles. The van der Waals surface area contributed by atoms with Crippen molar-refractivity contribution in [2.45, 2.75) is 45.6 Å². The van der Waals surface area contributed by atoms with Crippen LogP contribution in [-0.4, -0.2) is 54.1 Å². The predicted octanol–water partition coefficient (Wildman–Crippen LogP) is 2.47. The van der Waals surface area contributed by atoms with Gasteiger partial charge in [0.2, 0.25) is 0 Å². The summed E-state index contributed by atoms with van der Waals surface area (Å²) in [5, 5.41) is 19.8. The molecule has 0 amide bonds. The topological polar surface area (TPSA) is 52.9 Å². The Morgan fingerprint density at radius 1 is 1.17 bits per heavy atom. The minimum atomic E-state index is -0.482. The number of aliphatic hydroxyl groups is 2. The SMILES string of the molecule is CCc1ccc(OCC(O)CN2CCC(CC)(CO)CC2)cc1. The molecule has 2 rings (SSSR count). The zero-order valence-electron chi connectivity index (χ0n) is 14.5. The Morgan fingerprint density at radius 2 is 1.83 bits per heavy atom. The number of hydrogen-bond donors (Lipinski definition) is 2. The van der Waals surface area contributed by atoms with Crippen LogP contribution in [0.5, 0.6) is 5.75 Å². The number of piperidine rings is 1. The summed E-state index contributed by atoms with van der Waals surface area (Å²) in [6, 6.07) is 8.05. The van der Waals surface area contributed by atoms with E-state index in [9.17, 15) is 10.2 Å². The lowest BCUT2D eigenvalue weighted by atomic mass is 9.77. The van der Waals surface area contributed by atoms with Gasteiger partial charge in [-0.2, -0.15) is 0 Å². The highest BCUT2D eigenvalue weighted by Gasteiger charge is 2.32. The van der Waals surface area contributed by atoms with E-state index < -0.39 is 6.10 Å². The van der Waals surface area contributed by atoms with Gasteiger partial charge in [0.15, 0.2) is 0 Å². The van der Waals surface area contributed by atoms with Gasteiger partial charge in [0.1, 0.15) is 18.5 Å². The quantitative estimate of drug-likeness (QED) is 0.772. The second kappa shape index (κ2) is 8.67. The third-order valence-corrected chi connectivity index (χ3v) is 5.25. The number of rotatable bonds is 8. The van der Waals surface area contributed by atoms with E-state index in [-0.39, 0.29) is 12.0 Å². The highest BCUT2D eigenvalue weighted by Crippen LogP contribution is 2.34. The van der Waals surface area contributed by atoms with Gasteiger partial charge < -0.3 is 19.8 Å². The van der Waals surface area contributed by atoms with E-state index in [1.165, 1.54) is 5.56 Å². The molecule has 0 aromatic heterocycles. The van der Waals surface area contributed by atoms with Gasteiger partial charge in [-0.3, -0.25) is 0 Å². The first-order chi connectivity index (χ1) is 11.1. The molecular formula is C19H31NO3. The van der Waals surface area contributed by atoms with Gasteiger partial charge in [-0.05, 0) is 61.9 Å². The van der Waals surface area contributed by atoms with Crippen molar-refractivity contribution in [2.24, 2.45) is 5.41 Å². The number of aryl methyl sites for hydroxylation is 1. The minimum absolute atomic E-state index is 0.0962. The van der Waals surface area contributed by atoms with Crippen LogP contribution in [0.1, 0.15) is 38.7 Å². The predicted molar refractivity (Wildman–Crippen MR) is 92.8 cm³/mol. The smallest absolute Gasteiger partial charge is 0.119 e. The number of β-amino-alcohol motifs (C(OH)–C–C–N with tert-alkyl or cyclic N) is 1. The summed E-state index contributed by atoms with van der Waals surface area (Å²) in [6.07, 6.45) is 3.57. The third kappa shape index (κ3) is 5.20. The first-order valence-corrected chi connectivity index (χ1v) is 8.84. The molecule has 4 nitrogen and oxygen atoms in total. The fourth-order valence-electron chi connectivity index (χ4n) is 3.20. The molecular weight excluding hydrogens is 290 g/mol. The maximum atomic E-state index is 10.2. The van der Waals surface area contributed by atoms with Crippen LogP contribution in [0, 0.1) is 5.41 Å². The molecule has 0 spiro atoms. The highest BCUT2D eigenvalue weighted by molar-refractivity contribution is 5.27. The first kappa shape index (κ1) is 18.2. The van der Waals surface area contributed by atoms with Crippen LogP contribution in [0.25, 0.3) is 0 Å². The molecule has 1 aliphatic heterocycles. The van der Waals surface area contributed by atoms with E-state index >= 15 is 0 Å². The molecule has 1 atom stereocenters. The number of benzene rings is 1. The normalized spacial score (nSPS) is 19.5. The molecule has 1 saturated heterocycles. The first-order valence-electron chi connectivity index (χ1n) is 8.84. The maximum absolute atomic E-state index is 10.2. The largest absolute Gasteiger partial charge is 0.491 e. The molecule has 23 heavy (non-hydrogen) atoms.